The number of sulfonamides is 1. The van der Waals surface area contributed by atoms with Gasteiger partial charge in [0.15, 0.2) is 0 Å². The van der Waals surface area contributed by atoms with E-state index in [9.17, 15) is 18.3 Å². The molecule has 1 N–H and O–H groups in total. The second-order valence-electron chi connectivity index (χ2n) is 9.94. The molecule has 1 heterocycles. The van der Waals surface area contributed by atoms with Gasteiger partial charge in [-0.25, -0.2) is 8.42 Å². The lowest BCUT2D eigenvalue weighted by atomic mass is 9.94. The molecule has 0 aliphatic carbocycles. The van der Waals surface area contributed by atoms with Crippen molar-refractivity contribution in [2.75, 3.05) is 26.7 Å². The van der Waals surface area contributed by atoms with E-state index in [1.54, 1.807) is 17.9 Å². The van der Waals surface area contributed by atoms with Crippen LogP contribution in [0, 0.1) is 17.2 Å². The first-order valence-corrected chi connectivity index (χ1v) is 14.3. The summed E-state index contributed by atoms with van der Waals surface area (Å²) < 4.78 is 34.4. The normalized spacial score (nSPS) is 19.0. The molecule has 3 aromatic carbocycles. The molecule has 204 valence electrons. The summed E-state index contributed by atoms with van der Waals surface area (Å²) >= 11 is 0. The van der Waals surface area contributed by atoms with Gasteiger partial charge in [-0.3, -0.25) is 4.79 Å². The molecule has 4 rings (SSSR count). The van der Waals surface area contributed by atoms with Crippen LogP contribution in [-0.2, 0) is 21.4 Å². The van der Waals surface area contributed by atoms with Crippen LogP contribution in [0.25, 0.3) is 11.1 Å². The van der Waals surface area contributed by atoms with Crippen molar-refractivity contribution in [1.29, 1.82) is 5.26 Å². The first-order valence-electron chi connectivity index (χ1n) is 12.8. The number of aliphatic hydroxyl groups excluding tert-OH is 1. The monoisotopic (exact) mass is 547 g/mol. The molecule has 3 atom stereocenters. The van der Waals surface area contributed by atoms with E-state index < -0.39 is 22.2 Å². The Bertz CT molecular complexity index is 1470. The van der Waals surface area contributed by atoms with Crippen LogP contribution in [0.1, 0.15) is 35.3 Å². The third-order valence-corrected chi connectivity index (χ3v) is 9.06. The zero-order chi connectivity index (χ0) is 28.2. The quantitative estimate of drug-likeness (QED) is 0.501. The number of likely N-dealkylation sites (N-methyl/N-ethyl adjacent to an activating group) is 1. The number of hydrogen-bond acceptors (Lipinski definition) is 6. The Morgan fingerprint density at radius 2 is 1.67 bits per heavy atom. The highest BCUT2D eigenvalue weighted by atomic mass is 32.2. The van der Waals surface area contributed by atoms with Gasteiger partial charge in [0.1, 0.15) is 0 Å². The fourth-order valence-corrected chi connectivity index (χ4v) is 5.97. The zero-order valence-corrected chi connectivity index (χ0v) is 23.1. The average molecular weight is 548 g/mol. The Hall–Kier alpha value is -3.55. The summed E-state index contributed by atoms with van der Waals surface area (Å²) in [6.45, 7) is 4.05. The van der Waals surface area contributed by atoms with Gasteiger partial charge in [-0.2, -0.15) is 9.57 Å². The van der Waals surface area contributed by atoms with Gasteiger partial charge in [0, 0.05) is 31.6 Å². The van der Waals surface area contributed by atoms with E-state index in [-0.39, 0.29) is 43.0 Å². The minimum Gasteiger partial charge on any atom is -0.394 e. The first-order chi connectivity index (χ1) is 18.7. The summed E-state index contributed by atoms with van der Waals surface area (Å²) in [7, 11) is -2.36. The SMILES string of the molecule is C[C@H](CO)N1C[C@H](C)[C@H](CN(C)S(=O)(=O)c2ccc(C#N)cc2)OCc2ccccc2-c2ccccc2C1=O. The number of carbonyl (C=O) groups is 1. The number of hydrogen-bond donors (Lipinski definition) is 1. The van der Waals surface area contributed by atoms with E-state index in [4.69, 9.17) is 10.00 Å². The molecule has 1 aliphatic rings. The molecule has 1 aliphatic heterocycles. The second kappa shape index (κ2) is 12.1. The van der Waals surface area contributed by atoms with Crippen molar-refractivity contribution in [2.45, 2.75) is 37.5 Å². The van der Waals surface area contributed by atoms with Crippen LogP contribution in [0.3, 0.4) is 0 Å². The fourth-order valence-electron chi connectivity index (χ4n) is 4.78. The summed E-state index contributed by atoms with van der Waals surface area (Å²) in [6.07, 6.45) is -0.557. The van der Waals surface area contributed by atoms with Crippen LogP contribution in [0.5, 0.6) is 0 Å². The van der Waals surface area contributed by atoms with Crippen molar-refractivity contribution in [3.05, 3.63) is 89.5 Å². The van der Waals surface area contributed by atoms with Gasteiger partial charge < -0.3 is 14.7 Å². The Kier molecular flexibility index (Phi) is 8.83. The molecular formula is C30H33N3O5S. The van der Waals surface area contributed by atoms with E-state index >= 15 is 0 Å². The zero-order valence-electron chi connectivity index (χ0n) is 22.3. The van der Waals surface area contributed by atoms with Crippen molar-refractivity contribution < 1.29 is 23.1 Å². The van der Waals surface area contributed by atoms with Gasteiger partial charge in [-0.05, 0) is 53.9 Å². The minimum absolute atomic E-state index is 0.0498. The number of benzene rings is 3. The molecule has 0 bridgehead atoms. The molecule has 0 radical (unpaired) electrons. The molecule has 1 amide bonds. The summed E-state index contributed by atoms with van der Waals surface area (Å²) in [4.78, 5) is 15.6. The summed E-state index contributed by atoms with van der Waals surface area (Å²) in [5.74, 6) is -0.466. The average Bonchev–Trinajstić information content (AvgIpc) is 2.98. The Labute approximate surface area is 230 Å². The number of carbonyl (C=O) groups excluding carboxylic acids is 1. The molecule has 9 heteroatoms. The molecule has 0 saturated heterocycles. The predicted octanol–water partition coefficient (Wildman–Crippen LogP) is 3.90. The summed E-state index contributed by atoms with van der Waals surface area (Å²) in [5, 5.41) is 19.0. The van der Waals surface area contributed by atoms with Crippen LogP contribution in [0.2, 0.25) is 0 Å². The minimum atomic E-state index is -3.86. The topological polar surface area (TPSA) is 111 Å². The third-order valence-electron chi connectivity index (χ3n) is 7.22. The highest BCUT2D eigenvalue weighted by Gasteiger charge is 2.32. The van der Waals surface area contributed by atoms with Crippen LogP contribution < -0.4 is 0 Å². The number of rotatable bonds is 6. The first kappa shape index (κ1) is 28.5. The predicted molar refractivity (Wildman–Crippen MR) is 148 cm³/mol. The van der Waals surface area contributed by atoms with Crippen molar-refractivity contribution in [3.8, 4) is 17.2 Å². The van der Waals surface area contributed by atoms with Gasteiger partial charge in [0.25, 0.3) is 5.91 Å². The molecule has 39 heavy (non-hydrogen) atoms. The maximum Gasteiger partial charge on any atom is 0.254 e. The van der Waals surface area contributed by atoms with Crippen LogP contribution in [0.15, 0.2) is 77.7 Å². The summed E-state index contributed by atoms with van der Waals surface area (Å²) in [6, 6.07) is 22.5. The van der Waals surface area contributed by atoms with Crippen molar-refractivity contribution in [2.24, 2.45) is 5.92 Å². The second-order valence-corrected chi connectivity index (χ2v) is 12.0. The van der Waals surface area contributed by atoms with E-state index in [1.165, 1.54) is 35.6 Å². The molecule has 0 fully saturated rings. The van der Waals surface area contributed by atoms with Crippen molar-refractivity contribution in [1.82, 2.24) is 9.21 Å². The number of aliphatic hydroxyl groups is 1. The lowest BCUT2D eigenvalue weighted by Gasteiger charge is -2.35. The summed E-state index contributed by atoms with van der Waals surface area (Å²) in [5.41, 5.74) is 3.44. The largest absolute Gasteiger partial charge is 0.394 e. The van der Waals surface area contributed by atoms with Crippen LogP contribution in [0.4, 0.5) is 0 Å². The molecule has 0 unspecified atom stereocenters. The number of fused-ring (bicyclic) bond motifs is 3. The smallest absolute Gasteiger partial charge is 0.254 e. The number of nitriles is 1. The van der Waals surface area contributed by atoms with Gasteiger partial charge >= 0.3 is 0 Å². The van der Waals surface area contributed by atoms with Gasteiger partial charge in [0.05, 0.1) is 41.9 Å². The molecule has 0 spiro atoms. The van der Waals surface area contributed by atoms with E-state index in [2.05, 4.69) is 0 Å². The van der Waals surface area contributed by atoms with E-state index in [1.807, 2.05) is 55.5 Å². The fraction of sp³-hybridized carbons (Fsp3) is 0.333. The van der Waals surface area contributed by atoms with Gasteiger partial charge in [-0.15, -0.1) is 0 Å². The van der Waals surface area contributed by atoms with E-state index in [0.29, 0.717) is 11.1 Å². The highest BCUT2D eigenvalue weighted by molar-refractivity contribution is 7.89. The molecule has 0 aromatic heterocycles. The lowest BCUT2D eigenvalue weighted by Crippen LogP contribution is -2.47. The van der Waals surface area contributed by atoms with Crippen LogP contribution in [-0.4, -0.2) is 67.5 Å². The molecule has 8 nitrogen and oxygen atoms in total. The third kappa shape index (κ3) is 6.05. The Morgan fingerprint density at radius 3 is 2.31 bits per heavy atom. The maximum absolute atomic E-state index is 13.9. The van der Waals surface area contributed by atoms with E-state index in [0.717, 1.165) is 16.7 Å². The number of ether oxygens (including phenoxy) is 1. The molecular weight excluding hydrogens is 514 g/mol. The highest BCUT2D eigenvalue weighted by Crippen LogP contribution is 2.31. The number of amides is 1. The lowest BCUT2D eigenvalue weighted by molar-refractivity contribution is -0.0146. The van der Waals surface area contributed by atoms with Gasteiger partial charge in [0.2, 0.25) is 10.0 Å². The van der Waals surface area contributed by atoms with Gasteiger partial charge in [-0.1, -0.05) is 49.4 Å². The van der Waals surface area contributed by atoms with Crippen LogP contribution >= 0.6 is 0 Å². The Balaban J connectivity index is 1.72. The number of nitrogens with zero attached hydrogens (tertiary/aromatic N) is 3. The molecule has 0 saturated carbocycles. The Morgan fingerprint density at radius 1 is 1.05 bits per heavy atom. The van der Waals surface area contributed by atoms with Crippen molar-refractivity contribution in [3.63, 3.8) is 0 Å². The maximum atomic E-state index is 13.9. The van der Waals surface area contributed by atoms with Crippen molar-refractivity contribution >= 4 is 15.9 Å². The standard InChI is InChI=1S/C30H33N3O5S/c1-21-17-33(22(2)19-34)30(35)28-11-7-6-10-27(28)26-9-5-4-8-24(26)20-38-29(21)18-32(3)39(36,37)25-14-12-23(16-31)13-15-25/h4-15,21-22,29,34H,17-20H2,1-3H3/t21-,22+,29-/m0/s1. The molecule has 3 aromatic rings.